The van der Waals surface area contributed by atoms with Gasteiger partial charge in [0.2, 0.25) is 5.91 Å². The Bertz CT molecular complexity index is 380. The molecule has 2 aliphatic rings. The van der Waals surface area contributed by atoms with Gasteiger partial charge in [-0.05, 0) is 19.4 Å². The number of hydrogen-bond donors (Lipinski definition) is 3. The standard InChI is InChI=1S/C15H26N2O4/c1-2-16-12-9-21-8-11(12)13(18)17-10-15(14(19)20)6-4-3-5-7-15/h11-12,16H,2-10H2,1H3,(H,17,18)(H,19,20). The number of nitrogens with one attached hydrogen (secondary N) is 2. The number of aliphatic carboxylic acids is 1. The Kier molecular flexibility index (Phi) is 5.58. The minimum Gasteiger partial charge on any atom is -0.481 e. The molecule has 0 aromatic heterocycles. The first-order chi connectivity index (χ1) is 10.1. The fourth-order valence-corrected chi connectivity index (χ4v) is 3.36. The normalized spacial score (nSPS) is 28.2. The van der Waals surface area contributed by atoms with Gasteiger partial charge in [-0.2, -0.15) is 0 Å². The molecule has 21 heavy (non-hydrogen) atoms. The lowest BCUT2D eigenvalue weighted by atomic mass is 9.74. The molecule has 6 nitrogen and oxygen atoms in total. The lowest BCUT2D eigenvalue weighted by Crippen LogP contribution is -2.49. The molecule has 1 heterocycles. The van der Waals surface area contributed by atoms with Crippen LogP contribution < -0.4 is 10.6 Å². The Hall–Kier alpha value is -1.14. The summed E-state index contributed by atoms with van der Waals surface area (Å²) in [4.78, 5) is 23.9. The summed E-state index contributed by atoms with van der Waals surface area (Å²) >= 11 is 0. The van der Waals surface area contributed by atoms with Crippen LogP contribution in [0.5, 0.6) is 0 Å². The molecule has 120 valence electrons. The zero-order chi connectivity index (χ0) is 15.3. The Morgan fingerprint density at radius 1 is 1.24 bits per heavy atom. The monoisotopic (exact) mass is 298 g/mol. The van der Waals surface area contributed by atoms with Gasteiger partial charge in [-0.3, -0.25) is 9.59 Å². The van der Waals surface area contributed by atoms with Gasteiger partial charge in [0.15, 0.2) is 0 Å². The van der Waals surface area contributed by atoms with E-state index in [0.717, 1.165) is 25.8 Å². The number of hydrogen-bond acceptors (Lipinski definition) is 4. The summed E-state index contributed by atoms with van der Waals surface area (Å²) in [6.45, 7) is 3.96. The summed E-state index contributed by atoms with van der Waals surface area (Å²) < 4.78 is 5.37. The van der Waals surface area contributed by atoms with Crippen molar-refractivity contribution in [3.63, 3.8) is 0 Å². The number of ether oxygens (including phenoxy) is 1. The van der Waals surface area contributed by atoms with Crippen molar-refractivity contribution in [3.8, 4) is 0 Å². The van der Waals surface area contributed by atoms with Crippen molar-refractivity contribution in [2.75, 3.05) is 26.3 Å². The second-order valence-electron chi connectivity index (χ2n) is 6.17. The number of rotatable bonds is 6. The van der Waals surface area contributed by atoms with Gasteiger partial charge in [0.1, 0.15) is 0 Å². The second kappa shape index (κ2) is 7.22. The summed E-state index contributed by atoms with van der Waals surface area (Å²) in [7, 11) is 0. The van der Waals surface area contributed by atoms with E-state index in [-0.39, 0.29) is 24.4 Å². The fourth-order valence-electron chi connectivity index (χ4n) is 3.36. The third-order valence-electron chi connectivity index (χ3n) is 4.75. The Morgan fingerprint density at radius 2 is 1.95 bits per heavy atom. The van der Waals surface area contributed by atoms with E-state index >= 15 is 0 Å². The van der Waals surface area contributed by atoms with Crippen molar-refractivity contribution in [2.45, 2.75) is 45.1 Å². The van der Waals surface area contributed by atoms with Crippen LogP contribution in [0.1, 0.15) is 39.0 Å². The SMILES string of the molecule is CCNC1COCC1C(=O)NCC1(C(=O)O)CCCCC1. The Balaban J connectivity index is 1.91. The number of carboxylic acids is 1. The average molecular weight is 298 g/mol. The molecule has 6 heteroatoms. The molecule has 1 amide bonds. The minimum atomic E-state index is -0.784. The Morgan fingerprint density at radius 3 is 2.57 bits per heavy atom. The Labute approximate surface area is 125 Å². The van der Waals surface area contributed by atoms with Gasteiger partial charge < -0.3 is 20.5 Å². The van der Waals surface area contributed by atoms with Crippen molar-refractivity contribution in [2.24, 2.45) is 11.3 Å². The van der Waals surface area contributed by atoms with E-state index in [1.54, 1.807) is 0 Å². The molecule has 2 rings (SSSR count). The van der Waals surface area contributed by atoms with Crippen molar-refractivity contribution in [1.29, 1.82) is 0 Å². The molecular weight excluding hydrogens is 272 g/mol. The molecule has 1 saturated heterocycles. The topological polar surface area (TPSA) is 87.7 Å². The van der Waals surface area contributed by atoms with Crippen LogP contribution in [0.3, 0.4) is 0 Å². The van der Waals surface area contributed by atoms with E-state index in [4.69, 9.17) is 4.74 Å². The molecule has 1 saturated carbocycles. The maximum atomic E-state index is 12.3. The highest BCUT2D eigenvalue weighted by molar-refractivity contribution is 5.81. The smallest absolute Gasteiger partial charge is 0.311 e. The first-order valence-electron chi connectivity index (χ1n) is 7.91. The minimum absolute atomic E-state index is 0.0298. The van der Waals surface area contributed by atoms with Crippen molar-refractivity contribution in [3.05, 3.63) is 0 Å². The van der Waals surface area contributed by atoms with E-state index in [1.807, 2.05) is 6.92 Å². The first-order valence-corrected chi connectivity index (χ1v) is 7.91. The molecule has 0 bridgehead atoms. The maximum absolute atomic E-state index is 12.3. The summed E-state index contributed by atoms with van der Waals surface area (Å²) in [6.07, 6.45) is 4.24. The summed E-state index contributed by atoms with van der Waals surface area (Å²) in [5.41, 5.74) is -0.777. The summed E-state index contributed by atoms with van der Waals surface area (Å²) in [5.74, 6) is -1.10. The first kappa shape index (κ1) is 16.2. The molecule has 0 aromatic rings. The molecule has 0 radical (unpaired) electrons. The molecule has 0 aromatic carbocycles. The average Bonchev–Trinajstić information content (AvgIpc) is 2.94. The number of carboxylic acid groups (broad SMARTS) is 1. The van der Waals surface area contributed by atoms with Crippen molar-refractivity contribution >= 4 is 11.9 Å². The van der Waals surface area contributed by atoms with E-state index in [9.17, 15) is 14.7 Å². The molecular formula is C15H26N2O4. The van der Waals surface area contributed by atoms with Crippen molar-refractivity contribution in [1.82, 2.24) is 10.6 Å². The van der Waals surface area contributed by atoms with Crippen LogP contribution in [0.25, 0.3) is 0 Å². The second-order valence-corrected chi connectivity index (χ2v) is 6.17. The zero-order valence-electron chi connectivity index (χ0n) is 12.7. The summed E-state index contributed by atoms with van der Waals surface area (Å²) in [6, 6.07) is 0.0298. The van der Waals surface area contributed by atoms with Gasteiger partial charge in [0, 0.05) is 12.6 Å². The predicted octanol–water partition coefficient (Wildman–Crippen LogP) is 0.762. The van der Waals surface area contributed by atoms with Crippen molar-refractivity contribution < 1.29 is 19.4 Å². The highest BCUT2D eigenvalue weighted by Crippen LogP contribution is 2.36. The predicted molar refractivity (Wildman–Crippen MR) is 77.9 cm³/mol. The van der Waals surface area contributed by atoms with E-state index in [1.165, 1.54) is 0 Å². The molecule has 1 aliphatic carbocycles. The molecule has 1 aliphatic heterocycles. The van der Waals surface area contributed by atoms with Crippen LogP contribution in [0.15, 0.2) is 0 Å². The van der Waals surface area contributed by atoms with Crippen LogP contribution in [-0.2, 0) is 14.3 Å². The number of carbonyl (C=O) groups excluding carboxylic acids is 1. The van der Waals surface area contributed by atoms with Gasteiger partial charge >= 0.3 is 5.97 Å². The third-order valence-corrected chi connectivity index (χ3v) is 4.75. The molecule has 3 N–H and O–H groups in total. The number of likely N-dealkylation sites (N-methyl/N-ethyl adjacent to an activating group) is 1. The summed E-state index contributed by atoms with van der Waals surface area (Å²) in [5, 5.41) is 15.6. The molecule has 2 fully saturated rings. The van der Waals surface area contributed by atoms with Crippen LogP contribution in [-0.4, -0.2) is 49.3 Å². The van der Waals surface area contributed by atoms with Crippen LogP contribution >= 0.6 is 0 Å². The largest absolute Gasteiger partial charge is 0.481 e. The lowest BCUT2D eigenvalue weighted by Gasteiger charge is -2.33. The van der Waals surface area contributed by atoms with Crippen LogP contribution in [0.4, 0.5) is 0 Å². The fraction of sp³-hybridized carbons (Fsp3) is 0.867. The van der Waals surface area contributed by atoms with E-state index in [0.29, 0.717) is 26.1 Å². The zero-order valence-corrected chi connectivity index (χ0v) is 12.7. The van der Waals surface area contributed by atoms with Gasteiger partial charge in [0.05, 0.1) is 24.5 Å². The quantitative estimate of drug-likeness (QED) is 0.674. The third kappa shape index (κ3) is 3.74. The lowest BCUT2D eigenvalue weighted by molar-refractivity contribution is -0.151. The molecule has 2 unspecified atom stereocenters. The highest BCUT2D eigenvalue weighted by atomic mass is 16.5. The van der Waals surface area contributed by atoms with Gasteiger partial charge in [-0.1, -0.05) is 26.2 Å². The van der Waals surface area contributed by atoms with Crippen LogP contribution in [0, 0.1) is 11.3 Å². The van der Waals surface area contributed by atoms with Gasteiger partial charge in [0.25, 0.3) is 0 Å². The molecule has 2 atom stereocenters. The van der Waals surface area contributed by atoms with Gasteiger partial charge in [-0.25, -0.2) is 0 Å². The number of amides is 1. The maximum Gasteiger partial charge on any atom is 0.311 e. The number of carbonyl (C=O) groups is 2. The van der Waals surface area contributed by atoms with E-state index < -0.39 is 11.4 Å². The molecule has 0 spiro atoms. The van der Waals surface area contributed by atoms with E-state index in [2.05, 4.69) is 10.6 Å². The highest BCUT2D eigenvalue weighted by Gasteiger charge is 2.41. The van der Waals surface area contributed by atoms with Crippen LogP contribution in [0.2, 0.25) is 0 Å². The van der Waals surface area contributed by atoms with Gasteiger partial charge in [-0.15, -0.1) is 0 Å².